The summed E-state index contributed by atoms with van der Waals surface area (Å²) in [4.78, 5) is 22.4. The van der Waals surface area contributed by atoms with Gasteiger partial charge in [0.15, 0.2) is 0 Å². The Balaban J connectivity index is 2.42. The molecule has 1 aromatic rings. The van der Waals surface area contributed by atoms with Gasteiger partial charge in [0.05, 0.1) is 4.92 Å². The number of benzene rings is 1. The second-order valence-corrected chi connectivity index (χ2v) is 5.81. The number of amides is 1. The molecule has 0 unspecified atom stereocenters. The summed E-state index contributed by atoms with van der Waals surface area (Å²) < 4.78 is 40.1. The van der Waals surface area contributed by atoms with Crippen LogP contribution in [0.5, 0.6) is 0 Å². The molecule has 25 heavy (non-hydrogen) atoms. The van der Waals surface area contributed by atoms with Crippen molar-refractivity contribution in [1.29, 1.82) is 0 Å². The molecule has 7 nitrogen and oxygen atoms in total. The second-order valence-electron chi connectivity index (χ2n) is 5.81. The van der Waals surface area contributed by atoms with E-state index in [1.54, 1.807) is 13.8 Å². The minimum atomic E-state index is -5.11. The summed E-state index contributed by atoms with van der Waals surface area (Å²) in [5, 5.41) is 24.5. The van der Waals surface area contributed by atoms with E-state index in [1.165, 1.54) is 0 Å². The summed E-state index contributed by atoms with van der Waals surface area (Å²) in [6.07, 6.45) is -5.45. The van der Waals surface area contributed by atoms with E-state index in [0.717, 1.165) is 24.3 Å². The highest BCUT2D eigenvalue weighted by Crippen LogP contribution is 2.42. The lowest BCUT2D eigenvalue weighted by atomic mass is 9.95. The number of nitro benzene ring substituents is 1. The smallest absolute Gasteiger partial charge is 0.362 e. The molecule has 1 N–H and O–H groups in total. The van der Waals surface area contributed by atoms with E-state index in [2.05, 4.69) is 5.10 Å². The van der Waals surface area contributed by atoms with Crippen LogP contribution in [-0.2, 0) is 0 Å². The molecule has 0 aromatic heterocycles. The van der Waals surface area contributed by atoms with Gasteiger partial charge in [0, 0.05) is 29.8 Å². The van der Waals surface area contributed by atoms with Gasteiger partial charge in [-0.05, 0) is 24.5 Å². The van der Waals surface area contributed by atoms with Crippen molar-refractivity contribution in [3.05, 3.63) is 39.9 Å². The van der Waals surface area contributed by atoms with Gasteiger partial charge in [-0.1, -0.05) is 13.8 Å². The lowest BCUT2D eigenvalue weighted by Crippen LogP contribution is -2.56. The van der Waals surface area contributed by atoms with Crippen LogP contribution in [0.2, 0.25) is 0 Å². The molecule has 1 amide bonds. The highest BCUT2D eigenvalue weighted by molar-refractivity contribution is 5.99. The first-order valence-corrected chi connectivity index (χ1v) is 7.46. The fraction of sp³-hybridized carbons (Fsp3) is 0.467. The predicted octanol–water partition coefficient (Wildman–Crippen LogP) is 3.09. The van der Waals surface area contributed by atoms with Crippen LogP contribution in [0.25, 0.3) is 0 Å². The fourth-order valence-corrected chi connectivity index (χ4v) is 2.36. The molecular formula is C15H16F3N3O4. The van der Waals surface area contributed by atoms with Crippen LogP contribution in [0.1, 0.15) is 37.0 Å². The van der Waals surface area contributed by atoms with E-state index in [9.17, 15) is 33.2 Å². The Morgan fingerprint density at radius 2 is 2.00 bits per heavy atom. The summed E-state index contributed by atoms with van der Waals surface area (Å²) >= 11 is 0. The molecule has 0 radical (unpaired) electrons. The number of nitro groups is 1. The fourth-order valence-electron chi connectivity index (χ4n) is 2.36. The van der Waals surface area contributed by atoms with Crippen LogP contribution >= 0.6 is 0 Å². The average molecular weight is 359 g/mol. The Kier molecular flexibility index (Phi) is 4.85. The molecule has 1 aromatic carbocycles. The second kappa shape index (κ2) is 6.43. The zero-order valence-corrected chi connectivity index (χ0v) is 13.4. The maximum absolute atomic E-state index is 13.4. The van der Waals surface area contributed by atoms with Gasteiger partial charge in [0.2, 0.25) is 0 Å². The van der Waals surface area contributed by atoms with Crippen molar-refractivity contribution < 1.29 is 28.0 Å². The minimum absolute atomic E-state index is 0.0235. The molecule has 0 saturated carbocycles. The van der Waals surface area contributed by atoms with Crippen LogP contribution in [0, 0.1) is 16.0 Å². The highest BCUT2D eigenvalue weighted by Gasteiger charge is 2.63. The van der Waals surface area contributed by atoms with Crippen molar-refractivity contribution in [3.8, 4) is 0 Å². The Morgan fingerprint density at radius 1 is 1.44 bits per heavy atom. The molecule has 1 heterocycles. The summed E-state index contributed by atoms with van der Waals surface area (Å²) in [6.45, 7) is 3.40. The molecule has 0 spiro atoms. The molecule has 0 fully saturated rings. The Bertz CT molecular complexity index is 718. The summed E-state index contributed by atoms with van der Waals surface area (Å²) in [5.74, 6) is -1.53. The molecule has 0 bridgehead atoms. The van der Waals surface area contributed by atoms with Gasteiger partial charge in [-0.2, -0.15) is 23.3 Å². The van der Waals surface area contributed by atoms with E-state index in [0.29, 0.717) is 6.42 Å². The third-order valence-corrected chi connectivity index (χ3v) is 4.16. The standard InChI is InChI=1S/C15H16F3N3O4/c1-3-9(2)12-8-14(23,15(16,17)18)20(19-12)13(22)10-4-6-11(7-5-10)21(24)25/h4-7,9,23H,3,8H2,1-2H3/t9-,14-/m0/s1. The largest absolute Gasteiger partial charge is 0.438 e. The number of rotatable bonds is 4. The number of aliphatic hydroxyl groups is 1. The Hall–Kier alpha value is -2.49. The van der Waals surface area contributed by atoms with Crippen molar-refractivity contribution in [1.82, 2.24) is 5.01 Å². The Morgan fingerprint density at radius 3 is 2.44 bits per heavy atom. The quantitative estimate of drug-likeness (QED) is 0.660. The molecule has 1 aliphatic heterocycles. The van der Waals surface area contributed by atoms with Crippen LogP contribution in [0.3, 0.4) is 0 Å². The normalized spacial score (nSPS) is 21.8. The SMILES string of the molecule is CC[C@H](C)C1=NN(C(=O)c2ccc([N+](=O)[O-])cc2)[C@@](O)(C(F)(F)F)C1. The van der Waals surface area contributed by atoms with Gasteiger partial charge in [-0.25, -0.2) is 0 Å². The number of hydrogen-bond donors (Lipinski definition) is 1. The van der Waals surface area contributed by atoms with Gasteiger partial charge < -0.3 is 5.11 Å². The molecule has 136 valence electrons. The van der Waals surface area contributed by atoms with Gasteiger partial charge in [0.25, 0.3) is 17.3 Å². The lowest BCUT2D eigenvalue weighted by Gasteiger charge is -2.32. The minimum Gasteiger partial charge on any atom is -0.362 e. The zero-order chi connectivity index (χ0) is 19.0. The number of non-ortho nitro benzene ring substituents is 1. The summed E-state index contributed by atoms with van der Waals surface area (Å²) in [6, 6.07) is 4.03. The molecule has 2 atom stereocenters. The van der Waals surface area contributed by atoms with Crippen LogP contribution in [-0.4, -0.2) is 38.6 Å². The molecule has 2 rings (SSSR count). The van der Waals surface area contributed by atoms with Crippen LogP contribution < -0.4 is 0 Å². The number of alkyl halides is 3. The number of carbonyl (C=O) groups excluding carboxylic acids is 1. The van der Waals surface area contributed by atoms with Crippen LogP contribution in [0.15, 0.2) is 29.4 Å². The van der Waals surface area contributed by atoms with Gasteiger partial charge in [-0.3, -0.25) is 14.9 Å². The highest BCUT2D eigenvalue weighted by atomic mass is 19.4. The van der Waals surface area contributed by atoms with E-state index in [1.807, 2.05) is 0 Å². The molecule has 1 aliphatic rings. The van der Waals surface area contributed by atoms with Gasteiger partial charge in [0.1, 0.15) is 0 Å². The number of hydrogen-bond acceptors (Lipinski definition) is 5. The van der Waals surface area contributed by atoms with Crippen molar-refractivity contribution in [3.63, 3.8) is 0 Å². The first-order valence-electron chi connectivity index (χ1n) is 7.46. The van der Waals surface area contributed by atoms with E-state index < -0.39 is 29.2 Å². The molecule has 10 heteroatoms. The Labute approximate surface area is 140 Å². The van der Waals surface area contributed by atoms with Crippen molar-refractivity contribution in [2.75, 3.05) is 0 Å². The number of nitrogens with zero attached hydrogens (tertiary/aromatic N) is 3. The molecular weight excluding hydrogens is 343 g/mol. The number of hydrazone groups is 1. The number of carbonyl (C=O) groups is 1. The lowest BCUT2D eigenvalue weighted by molar-refractivity contribution is -0.384. The zero-order valence-electron chi connectivity index (χ0n) is 13.4. The molecule has 0 saturated heterocycles. The first-order chi connectivity index (χ1) is 11.5. The van der Waals surface area contributed by atoms with Crippen molar-refractivity contribution in [2.45, 2.75) is 38.6 Å². The van der Waals surface area contributed by atoms with Crippen LogP contribution in [0.4, 0.5) is 18.9 Å². The molecule has 0 aliphatic carbocycles. The third kappa shape index (κ3) is 3.34. The average Bonchev–Trinajstić information content (AvgIpc) is 2.92. The van der Waals surface area contributed by atoms with E-state index in [4.69, 9.17) is 0 Å². The topological polar surface area (TPSA) is 96.0 Å². The first kappa shape index (κ1) is 18.8. The van der Waals surface area contributed by atoms with Crippen molar-refractivity contribution >= 4 is 17.3 Å². The van der Waals surface area contributed by atoms with E-state index >= 15 is 0 Å². The van der Waals surface area contributed by atoms with Crippen molar-refractivity contribution in [2.24, 2.45) is 11.0 Å². The monoisotopic (exact) mass is 359 g/mol. The van der Waals surface area contributed by atoms with Gasteiger partial charge in [-0.15, -0.1) is 0 Å². The summed E-state index contributed by atoms with van der Waals surface area (Å²) in [7, 11) is 0. The van der Waals surface area contributed by atoms with Gasteiger partial charge >= 0.3 is 6.18 Å². The maximum Gasteiger partial charge on any atom is 0.438 e. The summed E-state index contributed by atoms with van der Waals surface area (Å²) in [5.41, 5.74) is -3.93. The predicted molar refractivity (Wildman–Crippen MR) is 81.8 cm³/mol. The third-order valence-electron chi connectivity index (χ3n) is 4.16. The number of halogens is 3. The maximum atomic E-state index is 13.4. The van der Waals surface area contributed by atoms with E-state index in [-0.39, 0.29) is 27.9 Å².